The first kappa shape index (κ1) is 14.9. The van der Waals surface area contributed by atoms with E-state index in [0.717, 1.165) is 17.7 Å². The first-order chi connectivity index (χ1) is 10.0. The molecule has 0 aliphatic carbocycles. The summed E-state index contributed by atoms with van der Waals surface area (Å²) in [5.41, 5.74) is 2.78. The molecule has 0 saturated heterocycles. The Kier molecular flexibility index (Phi) is 4.47. The Morgan fingerprint density at radius 2 is 2.00 bits per heavy atom. The number of aromatic nitrogens is 3. The second kappa shape index (κ2) is 6.30. The minimum Gasteiger partial charge on any atom is -0.324 e. The van der Waals surface area contributed by atoms with Gasteiger partial charge in [0.1, 0.15) is 6.54 Å². The van der Waals surface area contributed by atoms with Gasteiger partial charge in [0, 0.05) is 12.6 Å². The zero-order valence-electron chi connectivity index (χ0n) is 12.4. The molecule has 1 aromatic heterocycles. The van der Waals surface area contributed by atoms with E-state index in [1.54, 1.807) is 6.92 Å². The van der Waals surface area contributed by atoms with Crippen LogP contribution in [0.2, 0.25) is 0 Å². The molecule has 1 N–H and O–H groups in total. The van der Waals surface area contributed by atoms with Crippen LogP contribution in [0.3, 0.4) is 0 Å². The fourth-order valence-corrected chi connectivity index (χ4v) is 2.11. The Morgan fingerprint density at radius 3 is 2.62 bits per heavy atom. The number of para-hydroxylation sites is 1. The zero-order chi connectivity index (χ0) is 15.4. The van der Waals surface area contributed by atoms with Gasteiger partial charge in [0.15, 0.2) is 11.5 Å². The lowest BCUT2D eigenvalue weighted by molar-refractivity contribution is -0.117. The summed E-state index contributed by atoms with van der Waals surface area (Å²) in [4.78, 5) is 23.4. The summed E-state index contributed by atoms with van der Waals surface area (Å²) < 4.78 is 1.43. The molecule has 0 atom stereocenters. The van der Waals surface area contributed by atoms with Gasteiger partial charge in [0.2, 0.25) is 5.91 Å². The normalized spacial score (nSPS) is 10.4. The summed E-state index contributed by atoms with van der Waals surface area (Å²) in [6.07, 6.45) is 0.841. The van der Waals surface area contributed by atoms with E-state index >= 15 is 0 Å². The highest BCUT2D eigenvalue weighted by molar-refractivity contribution is 5.93. The maximum Gasteiger partial charge on any atom is 0.246 e. The number of carbonyl (C=O) groups is 2. The van der Waals surface area contributed by atoms with Gasteiger partial charge in [-0.2, -0.15) is 0 Å². The number of amides is 1. The summed E-state index contributed by atoms with van der Waals surface area (Å²) >= 11 is 0. The van der Waals surface area contributed by atoms with Gasteiger partial charge in [0.25, 0.3) is 0 Å². The average molecular weight is 286 g/mol. The Hall–Kier alpha value is -2.50. The first-order valence-electron chi connectivity index (χ1n) is 6.81. The molecule has 6 nitrogen and oxygen atoms in total. The molecular weight excluding hydrogens is 268 g/mol. The maximum absolute atomic E-state index is 12.1. The van der Waals surface area contributed by atoms with Crippen molar-refractivity contribution in [3.63, 3.8) is 0 Å². The number of Topliss-reactive ketones (excluding diaryl/α,β-unsaturated/α-hetero) is 1. The summed E-state index contributed by atoms with van der Waals surface area (Å²) in [6, 6.07) is 7.66. The molecule has 1 aromatic carbocycles. The van der Waals surface area contributed by atoms with E-state index in [1.165, 1.54) is 11.6 Å². The molecule has 1 heterocycles. The molecule has 0 saturated carbocycles. The van der Waals surface area contributed by atoms with Gasteiger partial charge in [-0.15, -0.1) is 5.10 Å². The van der Waals surface area contributed by atoms with Crippen LogP contribution in [0.5, 0.6) is 0 Å². The molecule has 110 valence electrons. The van der Waals surface area contributed by atoms with Crippen LogP contribution in [0.4, 0.5) is 5.69 Å². The Bertz CT molecular complexity index is 676. The molecule has 6 heteroatoms. The summed E-state index contributed by atoms with van der Waals surface area (Å²) in [5.74, 6) is -0.352. The van der Waals surface area contributed by atoms with Gasteiger partial charge in [0.05, 0.1) is 5.69 Å². The van der Waals surface area contributed by atoms with Gasteiger partial charge in [-0.1, -0.05) is 30.3 Å². The number of nitrogens with one attached hydrogen (secondary N) is 1. The topological polar surface area (TPSA) is 76.9 Å². The molecule has 0 bridgehead atoms. The van der Waals surface area contributed by atoms with Crippen molar-refractivity contribution in [3.8, 4) is 0 Å². The highest BCUT2D eigenvalue weighted by atomic mass is 16.2. The third-order valence-electron chi connectivity index (χ3n) is 3.28. The minimum absolute atomic E-state index is 0.0319. The van der Waals surface area contributed by atoms with Crippen molar-refractivity contribution in [3.05, 3.63) is 41.2 Å². The van der Waals surface area contributed by atoms with Gasteiger partial charge in [-0.05, 0) is 25.0 Å². The van der Waals surface area contributed by atoms with Gasteiger partial charge in [-0.25, -0.2) is 4.68 Å². The predicted octanol–water partition coefficient (Wildman–Crippen LogP) is 1.99. The molecule has 2 rings (SSSR count). The third kappa shape index (κ3) is 3.34. The van der Waals surface area contributed by atoms with Gasteiger partial charge in [-0.3, -0.25) is 9.59 Å². The van der Waals surface area contributed by atoms with Crippen LogP contribution in [0.1, 0.15) is 35.6 Å². The summed E-state index contributed by atoms with van der Waals surface area (Å²) in [7, 11) is 0. The summed E-state index contributed by atoms with van der Waals surface area (Å²) in [6.45, 7) is 5.22. The van der Waals surface area contributed by atoms with Crippen LogP contribution in [-0.2, 0) is 17.8 Å². The number of hydrogen-bond donors (Lipinski definition) is 1. The Morgan fingerprint density at radius 1 is 1.29 bits per heavy atom. The van der Waals surface area contributed by atoms with E-state index < -0.39 is 0 Å². The number of carbonyl (C=O) groups excluding carboxylic acids is 2. The van der Waals surface area contributed by atoms with Crippen molar-refractivity contribution in [2.75, 3.05) is 5.32 Å². The number of aryl methyl sites for hydroxylation is 1. The molecular formula is C15H18N4O2. The monoisotopic (exact) mass is 286 g/mol. The zero-order valence-corrected chi connectivity index (χ0v) is 12.4. The van der Waals surface area contributed by atoms with E-state index in [-0.39, 0.29) is 18.2 Å². The van der Waals surface area contributed by atoms with Crippen LogP contribution in [0.25, 0.3) is 0 Å². The van der Waals surface area contributed by atoms with Crippen molar-refractivity contribution in [2.24, 2.45) is 0 Å². The van der Waals surface area contributed by atoms with Crippen molar-refractivity contribution >= 4 is 17.4 Å². The average Bonchev–Trinajstić information content (AvgIpc) is 2.81. The number of nitrogens with zero attached hydrogens (tertiary/aromatic N) is 3. The molecule has 0 radical (unpaired) electrons. The second-order valence-electron chi connectivity index (χ2n) is 4.80. The maximum atomic E-state index is 12.1. The van der Waals surface area contributed by atoms with E-state index in [9.17, 15) is 9.59 Å². The summed E-state index contributed by atoms with van der Waals surface area (Å²) in [5, 5.41) is 10.5. The van der Waals surface area contributed by atoms with Crippen LogP contribution < -0.4 is 5.32 Å². The lowest BCUT2D eigenvalue weighted by Gasteiger charge is -2.10. The largest absolute Gasteiger partial charge is 0.324 e. The highest BCUT2D eigenvalue weighted by Crippen LogP contribution is 2.15. The van der Waals surface area contributed by atoms with E-state index in [1.807, 2.05) is 31.2 Å². The first-order valence-corrected chi connectivity index (χ1v) is 6.81. The van der Waals surface area contributed by atoms with Crippen molar-refractivity contribution < 1.29 is 9.59 Å². The third-order valence-corrected chi connectivity index (χ3v) is 3.28. The fourth-order valence-electron chi connectivity index (χ4n) is 2.11. The van der Waals surface area contributed by atoms with Crippen molar-refractivity contribution in [2.45, 2.75) is 33.7 Å². The van der Waals surface area contributed by atoms with Crippen molar-refractivity contribution in [1.29, 1.82) is 0 Å². The molecule has 0 spiro atoms. The smallest absolute Gasteiger partial charge is 0.246 e. The van der Waals surface area contributed by atoms with E-state index in [4.69, 9.17) is 0 Å². The number of ketones is 1. The molecule has 0 fully saturated rings. The molecule has 21 heavy (non-hydrogen) atoms. The van der Waals surface area contributed by atoms with Gasteiger partial charge >= 0.3 is 0 Å². The molecule has 0 unspecified atom stereocenters. The number of hydrogen-bond acceptors (Lipinski definition) is 4. The van der Waals surface area contributed by atoms with Gasteiger partial charge < -0.3 is 5.32 Å². The lowest BCUT2D eigenvalue weighted by Crippen LogP contribution is -2.21. The SMILES string of the molecule is CCc1ccccc1NC(=O)Cn1nnc(C(C)=O)c1C. The molecule has 1 amide bonds. The minimum atomic E-state index is -0.195. The number of benzene rings is 1. The number of rotatable bonds is 5. The molecule has 2 aromatic rings. The predicted molar refractivity (Wildman–Crippen MR) is 79.2 cm³/mol. The standard InChI is InChI=1S/C15H18N4O2/c1-4-12-7-5-6-8-13(12)16-14(21)9-19-10(2)15(11(3)20)17-18-19/h5-8H,4,9H2,1-3H3,(H,16,21). The lowest BCUT2D eigenvalue weighted by atomic mass is 10.1. The van der Waals surface area contributed by atoms with E-state index in [2.05, 4.69) is 15.6 Å². The van der Waals surface area contributed by atoms with Crippen molar-refractivity contribution in [1.82, 2.24) is 15.0 Å². The van der Waals surface area contributed by atoms with Crippen LogP contribution in [0, 0.1) is 6.92 Å². The van der Waals surface area contributed by atoms with Crippen LogP contribution in [-0.4, -0.2) is 26.7 Å². The fraction of sp³-hybridized carbons (Fsp3) is 0.333. The number of anilines is 1. The quantitative estimate of drug-likeness (QED) is 0.853. The van der Waals surface area contributed by atoms with Crippen LogP contribution in [0.15, 0.2) is 24.3 Å². The Balaban J connectivity index is 2.10. The second-order valence-corrected chi connectivity index (χ2v) is 4.80. The van der Waals surface area contributed by atoms with Crippen LogP contribution >= 0.6 is 0 Å². The van der Waals surface area contributed by atoms with E-state index in [0.29, 0.717) is 11.4 Å². The molecule has 0 aliphatic rings. The highest BCUT2D eigenvalue weighted by Gasteiger charge is 2.15. The Labute approximate surface area is 123 Å². The molecule has 0 aliphatic heterocycles.